The Morgan fingerprint density at radius 3 is 2.50 bits per heavy atom. The predicted octanol–water partition coefficient (Wildman–Crippen LogP) is -1.43. The van der Waals surface area contributed by atoms with Crippen molar-refractivity contribution in [3.63, 3.8) is 0 Å². The second-order valence-electron chi connectivity index (χ2n) is 4.27. The highest BCUT2D eigenvalue weighted by molar-refractivity contribution is 7.89. The summed E-state index contributed by atoms with van der Waals surface area (Å²) in [5.41, 5.74) is 6.02. The van der Waals surface area contributed by atoms with Crippen molar-refractivity contribution in [2.24, 2.45) is 0 Å². The van der Waals surface area contributed by atoms with Crippen LogP contribution in [0.3, 0.4) is 0 Å². The van der Waals surface area contributed by atoms with Crippen LogP contribution in [-0.2, 0) is 14.8 Å². The number of ether oxygens (including phenoxy) is 1. The zero-order valence-corrected chi connectivity index (χ0v) is 10.8. The van der Waals surface area contributed by atoms with Crippen LogP contribution >= 0.6 is 0 Å². The van der Waals surface area contributed by atoms with Gasteiger partial charge in [-0.3, -0.25) is 0 Å². The van der Waals surface area contributed by atoms with E-state index >= 15 is 0 Å². The van der Waals surface area contributed by atoms with Gasteiger partial charge < -0.3 is 15.6 Å². The number of benzene rings is 1. The van der Waals surface area contributed by atoms with Crippen molar-refractivity contribution in [2.45, 2.75) is 17.1 Å². The molecule has 8 heteroatoms. The number of nitrogens with two attached hydrogens (primary N) is 1. The average Bonchev–Trinajstić information content (AvgIpc) is 2.29. The smallest absolute Gasteiger partial charge is 0.244 e. The first-order valence-electron chi connectivity index (χ1n) is 5.58. The fourth-order valence-electron chi connectivity index (χ4n) is 1.94. The van der Waals surface area contributed by atoms with E-state index in [0.717, 1.165) is 4.31 Å². The number of sulfonamides is 1. The van der Waals surface area contributed by atoms with E-state index < -0.39 is 22.2 Å². The summed E-state index contributed by atoms with van der Waals surface area (Å²) in [5, 5.41) is 9.79. The van der Waals surface area contributed by atoms with Gasteiger partial charge in [-0.1, -0.05) is 0 Å². The minimum atomic E-state index is -3.73. The van der Waals surface area contributed by atoms with E-state index in [-0.39, 0.29) is 18.1 Å². The summed E-state index contributed by atoms with van der Waals surface area (Å²) < 4.78 is 30.9. The van der Waals surface area contributed by atoms with Gasteiger partial charge in [-0.2, -0.15) is 4.31 Å². The topological polar surface area (TPSA) is 92.9 Å². The highest BCUT2D eigenvalue weighted by atomic mass is 32.2. The van der Waals surface area contributed by atoms with E-state index in [0.29, 0.717) is 5.69 Å². The summed E-state index contributed by atoms with van der Waals surface area (Å²) in [7, 11) is -2.04. The Labute approximate surface area is 107 Å². The van der Waals surface area contributed by atoms with Crippen LogP contribution in [0.1, 0.15) is 0 Å². The van der Waals surface area contributed by atoms with Gasteiger partial charge in [0, 0.05) is 11.6 Å². The van der Waals surface area contributed by atoms with E-state index in [1.165, 1.54) is 24.3 Å². The lowest BCUT2D eigenvalue weighted by Crippen LogP contribution is -2.55. The second kappa shape index (κ2) is 4.89. The molecule has 2 atom stereocenters. The molecule has 1 aromatic carbocycles. The number of nitrogen functional groups attached to an aromatic ring is 1. The molecule has 6 nitrogen and oxygen atoms in total. The van der Waals surface area contributed by atoms with E-state index in [9.17, 15) is 13.5 Å². The quantitative estimate of drug-likeness (QED) is 0.507. The molecular weight excluding hydrogens is 255 g/mol. The molecule has 1 aliphatic rings. The zero-order chi connectivity index (χ0) is 13.3. The minimum Gasteiger partial charge on any atom is -0.399 e. The van der Waals surface area contributed by atoms with Crippen molar-refractivity contribution < 1.29 is 18.3 Å². The van der Waals surface area contributed by atoms with Gasteiger partial charge in [0.2, 0.25) is 10.0 Å². The Kier molecular flexibility index (Phi) is 3.62. The Balaban J connectivity index is 2.38. The lowest BCUT2D eigenvalue weighted by Gasteiger charge is -2.36. The first-order chi connectivity index (χ1) is 8.43. The number of morpholine rings is 1. The fourth-order valence-corrected chi connectivity index (χ4v) is 3.58. The van der Waals surface area contributed by atoms with Crippen LogP contribution in [0.25, 0.3) is 0 Å². The van der Waals surface area contributed by atoms with Gasteiger partial charge in [0.05, 0.1) is 18.1 Å². The number of aliphatic hydroxyl groups is 1. The number of aliphatic hydroxyl groups excluding tert-OH is 1. The van der Waals surface area contributed by atoms with Gasteiger partial charge in [0.15, 0.2) is 0 Å². The highest BCUT2D eigenvalue weighted by Gasteiger charge is 2.37. The van der Waals surface area contributed by atoms with Crippen molar-refractivity contribution in [3.8, 4) is 0 Å². The number of anilines is 1. The normalized spacial score (nSPS) is 26.1. The van der Waals surface area contributed by atoms with Gasteiger partial charge in [0.1, 0.15) is 14.1 Å². The van der Waals surface area contributed by atoms with Gasteiger partial charge in [0.25, 0.3) is 0 Å². The Bertz CT molecular complexity index is 509. The Hall–Kier alpha value is -1.09. The number of hydrogen-bond donors (Lipinski definition) is 2. The zero-order valence-electron chi connectivity index (χ0n) is 9.98. The van der Waals surface area contributed by atoms with E-state index in [1.807, 2.05) is 0 Å². The summed E-state index contributed by atoms with van der Waals surface area (Å²) in [6, 6.07) is 5.90. The molecule has 0 bridgehead atoms. The van der Waals surface area contributed by atoms with Crippen molar-refractivity contribution >= 4 is 23.6 Å². The van der Waals surface area contributed by atoms with Gasteiger partial charge >= 0.3 is 0 Å². The maximum Gasteiger partial charge on any atom is 0.244 e. The molecule has 0 amide bonds. The molecule has 98 valence electrons. The van der Waals surface area contributed by atoms with Crippen molar-refractivity contribution in [3.05, 3.63) is 24.3 Å². The predicted molar refractivity (Wildman–Crippen MR) is 69.0 cm³/mol. The largest absolute Gasteiger partial charge is 0.399 e. The van der Waals surface area contributed by atoms with Crippen molar-refractivity contribution in [1.29, 1.82) is 0 Å². The molecule has 1 aromatic rings. The van der Waals surface area contributed by atoms with Crippen LogP contribution in [-0.4, -0.2) is 51.1 Å². The minimum absolute atomic E-state index is 0.0153. The molecule has 1 aliphatic heterocycles. The third-order valence-corrected chi connectivity index (χ3v) is 4.84. The molecule has 0 spiro atoms. The molecule has 3 N–H and O–H groups in total. The van der Waals surface area contributed by atoms with Crippen LogP contribution in [0.2, 0.25) is 0 Å². The van der Waals surface area contributed by atoms with Gasteiger partial charge in [-0.05, 0) is 24.3 Å². The molecule has 1 heterocycles. The summed E-state index contributed by atoms with van der Waals surface area (Å²) >= 11 is 0. The lowest BCUT2D eigenvalue weighted by molar-refractivity contribution is -0.0765. The molecule has 0 unspecified atom stereocenters. The summed E-state index contributed by atoms with van der Waals surface area (Å²) in [4.78, 5) is 0.115. The van der Waals surface area contributed by atoms with E-state index in [2.05, 4.69) is 0 Å². The maximum absolute atomic E-state index is 12.4. The van der Waals surface area contributed by atoms with Gasteiger partial charge in [-0.25, -0.2) is 8.42 Å². The molecule has 1 fully saturated rings. The van der Waals surface area contributed by atoms with Crippen LogP contribution in [0.4, 0.5) is 5.69 Å². The first kappa shape index (κ1) is 13.3. The maximum atomic E-state index is 12.4. The summed E-state index contributed by atoms with van der Waals surface area (Å²) in [6.45, 7) is 0.254. The van der Waals surface area contributed by atoms with E-state index in [1.54, 1.807) is 7.85 Å². The molecule has 0 aromatic heterocycles. The fraction of sp³-hybridized carbons (Fsp3) is 0.400. The Morgan fingerprint density at radius 2 is 1.94 bits per heavy atom. The molecule has 1 saturated heterocycles. The third kappa shape index (κ3) is 2.37. The van der Waals surface area contributed by atoms with Crippen LogP contribution in [0.5, 0.6) is 0 Å². The average molecular weight is 270 g/mol. The van der Waals surface area contributed by atoms with Crippen molar-refractivity contribution in [2.75, 3.05) is 18.9 Å². The molecule has 2 rings (SSSR count). The number of rotatable bonds is 2. The first-order valence-corrected chi connectivity index (χ1v) is 7.02. The standard InChI is InChI=1S/C10H15BN2O4S/c11-9-5-17-6-10(14)13(9)18(15,16)8-3-1-7(12)2-4-8/h1-4,9-10,14H,5-6,11-12H2/t9-,10-/m1/s1. The number of hydrogen-bond acceptors (Lipinski definition) is 5. The van der Waals surface area contributed by atoms with Crippen molar-refractivity contribution in [1.82, 2.24) is 4.31 Å². The van der Waals surface area contributed by atoms with Gasteiger partial charge in [-0.15, -0.1) is 0 Å². The molecule has 0 saturated carbocycles. The van der Waals surface area contributed by atoms with E-state index in [4.69, 9.17) is 10.5 Å². The monoisotopic (exact) mass is 270 g/mol. The third-order valence-electron chi connectivity index (χ3n) is 2.81. The van der Waals surface area contributed by atoms with Crippen LogP contribution < -0.4 is 5.73 Å². The van der Waals surface area contributed by atoms with Crippen LogP contribution in [0.15, 0.2) is 29.2 Å². The molecular formula is C10H15BN2O4S. The molecule has 0 radical (unpaired) electrons. The SMILES string of the molecule is B[C@H]1COC[C@@H](O)N1S(=O)(=O)c1ccc(N)cc1. The summed E-state index contributed by atoms with van der Waals surface area (Å²) in [5.74, 6) is -0.406. The molecule has 18 heavy (non-hydrogen) atoms. The second-order valence-corrected chi connectivity index (χ2v) is 6.11. The van der Waals surface area contributed by atoms with Crippen LogP contribution in [0, 0.1) is 0 Å². The Morgan fingerprint density at radius 1 is 1.33 bits per heavy atom. The highest BCUT2D eigenvalue weighted by Crippen LogP contribution is 2.22. The summed E-state index contributed by atoms with van der Waals surface area (Å²) in [6.07, 6.45) is -1.16. The number of nitrogens with zero attached hydrogens (tertiary/aromatic N) is 1. The molecule has 0 aliphatic carbocycles. The lowest BCUT2D eigenvalue weighted by atomic mass is 9.97.